The van der Waals surface area contributed by atoms with Crippen molar-refractivity contribution in [3.05, 3.63) is 0 Å². The van der Waals surface area contributed by atoms with Gasteiger partial charge in [0.1, 0.15) is 0 Å². The molecule has 0 spiro atoms. The molecule has 0 aromatic heterocycles. The van der Waals surface area contributed by atoms with Gasteiger partial charge in [0.15, 0.2) is 0 Å². The second kappa shape index (κ2) is 4.28. The molecule has 1 aliphatic carbocycles. The summed E-state index contributed by atoms with van der Waals surface area (Å²) < 4.78 is 0.769. The molecular weight excluding hydrogens is 285 g/mol. The highest BCUT2D eigenvalue weighted by Gasteiger charge is 2.36. The molecule has 0 bridgehead atoms. The third kappa shape index (κ3) is 3.37. The summed E-state index contributed by atoms with van der Waals surface area (Å²) in [5.41, 5.74) is 7.00. The van der Waals surface area contributed by atoms with Gasteiger partial charge in [0, 0.05) is 9.97 Å². The summed E-state index contributed by atoms with van der Waals surface area (Å²) in [5.74, 6) is 0. The minimum atomic E-state index is 0.409. The molecule has 0 aliphatic heterocycles. The molecule has 1 aliphatic rings. The fourth-order valence-corrected chi connectivity index (χ4v) is 3.56. The molecule has 2 unspecified atom stereocenters. The molecule has 14 heavy (non-hydrogen) atoms. The van der Waals surface area contributed by atoms with Crippen LogP contribution in [0.15, 0.2) is 0 Å². The van der Waals surface area contributed by atoms with Crippen molar-refractivity contribution in [2.75, 3.05) is 0 Å². The second-order valence-electron chi connectivity index (χ2n) is 6.34. The van der Waals surface area contributed by atoms with E-state index in [9.17, 15) is 0 Å². The van der Waals surface area contributed by atoms with E-state index in [4.69, 9.17) is 5.73 Å². The average molecular weight is 309 g/mol. The van der Waals surface area contributed by atoms with Crippen LogP contribution in [0.4, 0.5) is 0 Å². The van der Waals surface area contributed by atoms with E-state index in [0.29, 0.717) is 16.9 Å². The van der Waals surface area contributed by atoms with Gasteiger partial charge in [-0.25, -0.2) is 0 Å². The zero-order chi connectivity index (χ0) is 11.0. The van der Waals surface area contributed by atoms with Crippen LogP contribution in [0.2, 0.25) is 0 Å². The van der Waals surface area contributed by atoms with Gasteiger partial charge in [0.2, 0.25) is 0 Å². The zero-order valence-corrected chi connectivity index (χ0v) is 12.1. The van der Waals surface area contributed by atoms with Crippen molar-refractivity contribution in [1.29, 1.82) is 0 Å². The average Bonchev–Trinajstić information content (AvgIpc) is 1.95. The van der Waals surface area contributed by atoms with Crippen LogP contribution in [0.5, 0.6) is 0 Å². The summed E-state index contributed by atoms with van der Waals surface area (Å²) in [6.45, 7) is 9.54. The number of halogens is 1. The van der Waals surface area contributed by atoms with Crippen molar-refractivity contribution in [2.24, 2.45) is 16.6 Å². The van der Waals surface area contributed by atoms with Gasteiger partial charge < -0.3 is 5.73 Å². The van der Waals surface area contributed by atoms with Crippen molar-refractivity contribution >= 4 is 22.6 Å². The van der Waals surface area contributed by atoms with E-state index < -0.39 is 0 Å². The van der Waals surface area contributed by atoms with Gasteiger partial charge in [-0.3, -0.25) is 0 Å². The Labute approximate surface area is 102 Å². The van der Waals surface area contributed by atoms with Crippen LogP contribution in [0.25, 0.3) is 0 Å². The highest BCUT2D eigenvalue weighted by atomic mass is 127. The van der Waals surface area contributed by atoms with E-state index in [1.165, 1.54) is 25.7 Å². The molecule has 1 nitrogen and oxygen atoms in total. The molecular formula is C12H24IN. The second-order valence-corrected chi connectivity index (χ2v) is 7.84. The van der Waals surface area contributed by atoms with Gasteiger partial charge in [-0.1, -0.05) is 50.3 Å². The molecule has 0 saturated heterocycles. The Morgan fingerprint density at radius 2 is 1.71 bits per heavy atom. The van der Waals surface area contributed by atoms with Gasteiger partial charge in [0.25, 0.3) is 0 Å². The summed E-state index contributed by atoms with van der Waals surface area (Å²) in [6.07, 6.45) is 4.95. The van der Waals surface area contributed by atoms with Crippen LogP contribution in [0.1, 0.15) is 53.4 Å². The van der Waals surface area contributed by atoms with Crippen LogP contribution >= 0.6 is 22.6 Å². The molecule has 0 radical (unpaired) electrons. The first-order valence-electron chi connectivity index (χ1n) is 5.63. The van der Waals surface area contributed by atoms with E-state index >= 15 is 0 Å². The van der Waals surface area contributed by atoms with Gasteiger partial charge in [0.05, 0.1) is 0 Å². The smallest absolute Gasteiger partial charge is 0.0161 e. The maximum Gasteiger partial charge on any atom is 0.0161 e. The lowest BCUT2D eigenvalue weighted by Crippen LogP contribution is -2.38. The van der Waals surface area contributed by atoms with Crippen LogP contribution in [-0.2, 0) is 0 Å². The lowest BCUT2D eigenvalue weighted by molar-refractivity contribution is 0.148. The summed E-state index contributed by atoms with van der Waals surface area (Å²) in [7, 11) is 0. The van der Waals surface area contributed by atoms with E-state index in [1.54, 1.807) is 0 Å². The normalized spacial score (nSPS) is 37.3. The Hall–Kier alpha value is 0.690. The number of rotatable bonds is 0. The van der Waals surface area contributed by atoms with E-state index in [2.05, 4.69) is 50.3 Å². The molecule has 0 aromatic carbocycles. The number of alkyl halides is 1. The lowest BCUT2D eigenvalue weighted by Gasteiger charge is -2.42. The third-order valence-corrected chi connectivity index (χ3v) is 5.70. The van der Waals surface area contributed by atoms with Crippen LogP contribution in [0.3, 0.4) is 0 Å². The summed E-state index contributed by atoms with van der Waals surface area (Å²) in [4.78, 5) is 0. The topological polar surface area (TPSA) is 26.0 Å². The monoisotopic (exact) mass is 309 g/mol. The molecule has 0 amide bonds. The fraction of sp³-hybridized carbons (Fsp3) is 1.00. The van der Waals surface area contributed by atoms with Crippen molar-refractivity contribution in [2.45, 2.75) is 63.3 Å². The predicted octanol–water partition coefficient (Wildman–Crippen LogP) is 3.74. The minimum absolute atomic E-state index is 0.409. The Balaban J connectivity index is 2.77. The first kappa shape index (κ1) is 12.8. The van der Waals surface area contributed by atoms with E-state index in [0.717, 1.165) is 3.92 Å². The van der Waals surface area contributed by atoms with Crippen molar-refractivity contribution in [3.8, 4) is 0 Å². The standard InChI is InChI=1S/C12H24IN/c1-11(2)7-9(14)5-6-10(13)12(3,4)8-11/h9-10H,5-8,14H2,1-4H3. The zero-order valence-electron chi connectivity index (χ0n) is 9.94. The predicted molar refractivity (Wildman–Crippen MR) is 71.8 cm³/mol. The summed E-state index contributed by atoms with van der Waals surface area (Å²) >= 11 is 2.61. The first-order valence-corrected chi connectivity index (χ1v) is 6.87. The molecule has 1 fully saturated rings. The highest BCUT2D eigenvalue weighted by molar-refractivity contribution is 14.1. The van der Waals surface area contributed by atoms with Crippen molar-refractivity contribution < 1.29 is 0 Å². The molecule has 84 valence electrons. The fourth-order valence-electron chi connectivity index (χ4n) is 2.98. The van der Waals surface area contributed by atoms with Crippen molar-refractivity contribution in [3.63, 3.8) is 0 Å². The number of nitrogens with two attached hydrogens (primary N) is 1. The van der Waals surface area contributed by atoms with E-state index in [1.807, 2.05) is 0 Å². The van der Waals surface area contributed by atoms with Crippen molar-refractivity contribution in [1.82, 2.24) is 0 Å². The summed E-state index contributed by atoms with van der Waals surface area (Å²) in [6, 6.07) is 0.415. The minimum Gasteiger partial charge on any atom is -0.328 e. The van der Waals surface area contributed by atoms with Crippen LogP contribution < -0.4 is 5.73 Å². The highest BCUT2D eigenvalue weighted by Crippen LogP contribution is 2.45. The molecule has 0 heterocycles. The Morgan fingerprint density at radius 3 is 2.29 bits per heavy atom. The molecule has 2 N–H and O–H groups in total. The molecule has 0 aromatic rings. The van der Waals surface area contributed by atoms with Gasteiger partial charge in [-0.2, -0.15) is 0 Å². The molecule has 1 saturated carbocycles. The molecule has 1 rings (SSSR count). The van der Waals surface area contributed by atoms with Crippen LogP contribution in [0, 0.1) is 10.8 Å². The van der Waals surface area contributed by atoms with Gasteiger partial charge in [-0.15, -0.1) is 0 Å². The molecule has 2 atom stereocenters. The maximum absolute atomic E-state index is 6.13. The summed E-state index contributed by atoms with van der Waals surface area (Å²) in [5, 5.41) is 0. The quantitative estimate of drug-likeness (QED) is 0.535. The first-order chi connectivity index (χ1) is 6.23. The van der Waals surface area contributed by atoms with Gasteiger partial charge in [-0.05, 0) is 36.5 Å². The number of hydrogen-bond donors (Lipinski definition) is 1. The Bertz CT molecular complexity index is 198. The molecule has 2 heteroatoms. The van der Waals surface area contributed by atoms with E-state index in [-0.39, 0.29) is 0 Å². The Kier molecular flexibility index (Phi) is 3.90. The lowest BCUT2D eigenvalue weighted by atomic mass is 9.68. The number of hydrogen-bond acceptors (Lipinski definition) is 1. The third-order valence-electron chi connectivity index (χ3n) is 3.39. The van der Waals surface area contributed by atoms with Crippen LogP contribution in [-0.4, -0.2) is 9.97 Å². The SMILES string of the molecule is CC1(C)CC(N)CCC(I)C(C)(C)C1. The van der Waals surface area contributed by atoms with Gasteiger partial charge >= 0.3 is 0 Å². The Morgan fingerprint density at radius 1 is 1.14 bits per heavy atom. The maximum atomic E-state index is 6.13. The largest absolute Gasteiger partial charge is 0.328 e.